The van der Waals surface area contributed by atoms with Gasteiger partial charge in [0.1, 0.15) is 6.10 Å². The Morgan fingerprint density at radius 1 is 1.40 bits per heavy atom. The van der Waals surface area contributed by atoms with Crippen LogP contribution in [0.15, 0.2) is 12.7 Å². The van der Waals surface area contributed by atoms with Crippen LogP contribution < -0.4 is 0 Å². The van der Waals surface area contributed by atoms with Crippen molar-refractivity contribution < 1.29 is 19.1 Å². The molecule has 2 aliphatic rings. The molecule has 110 valence electrons. The van der Waals surface area contributed by atoms with Crippen LogP contribution in [0.1, 0.15) is 33.1 Å². The van der Waals surface area contributed by atoms with Crippen LogP contribution in [0.3, 0.4) is 0 Å². The summed E-state index contributed by atoms with van der Waals surface area (Å²) >= 11 is 0. The lowest BCUT2D eigenvalue weighted by Gasteiger charge is -2.25. The summed E-state index contributed by atoms with van der Waals surface area (Å²) in [6.07, 6.45) is 3.13. The van der Waals surface area contributed by atoms with Crippen LogP contribution in [0.2, 0.25) is 0 Å². The number of likely N-dealkylation sites (tertiary alicyclic amines) is 1. The van der Waals surface area contributed by atoms with Gasteiger partial charge in [-0.15, -0.1) is 0 Å². The first-order chi connectivity index (χ1) is 9.43. The minimum absolute atomic E-state index is 0.103. The molecule has 2 rings (SSSR count). The van der Waals surface area contributed by atoms with E-state index in [1.54, 1.807) is 6.92 Å². The number of ether oxygens (including phenoxy) is 1. The van der Waals surface area contributed by atoms with Crippen molar-refractivity contribution in [2.75, 3.05) is 6.54 Å². The zero-order valence-electron chi connectivity index (χ0n) is 12.0. The van der Waals surface area contributed by atoms with Crippen LogP contribution in [0, 0.1) is 17.8 Å². The summed E-state index contributed by atoms with van der Waals surface area (Å²) in [4.78, 5) is 37.0. The highest BCUT2D eigenvalue weighted by molar-refractivity contribution is 6.05. The second-order valence-corrected chi connectivity index (χ2v) is 5.87. The van der Waals surface area contributed by atoms with Gasteiger partial charge in [-0.2, -0.15) is 0 Å². The SMILES string of the molecule is C=CC(=O)OC(C)CN1C(=O)C2CCC(C)CC2C1=O. The van der Waals surface area contributed by atoms with Gasteiger partial charge in [-0.3, -0.25) is 14.5 Å². The monoisotopic (exact) mass is 279 g/mol. The van der Waals surface area contributed by atoms with E-state index in [1.165, 1.54) is 4.90 Å². The van der Waals surface area contributed by atoms with Gasteiger partial charge in [-0.05, 0) is 32.1 Å². The standard InChI is InChI=1S/C15H21NO4/c1-4-13(17)20-10(3)8-16-14(18)11-6-5-9(2)7-12(11)15(16)19/h4,9-12H,1,5-8H2,2-3H3. The first-order valence-corrected chi connectivity index (χ1v) is 7.12. The van der Waals surface area contributed by atoms with E-state index < -0.39 is 12.1 Å². The Labute approximate surface area is 119 Å². The van der Waals surface area contributed by atoms with Crippen molar-refractivity contribution in [2.24, 2.45) is 17.8 Å². The summed E-state index contributed by atoms with van der Waals surface area (Å²) in [7, 11) is 0. The molecule has 1 saturated carbocycles. The molecule has 1 heterocycles. The number of esters is 1. The molecule has 0 aromatic carbocycles. The molecule has 1 aliphatic carbocycles. The van der Waals surface area contributed by atoms with Crippen molar-refractivity contribution in [1.82, 2.24) is 4.90 Å². The predicted molar refractivity (Wildman–Crippen MR) is 72.5 cm³/mol. The lowest BCUT2D eigenvalue weighted by molar-refractivity contribution is -0.149. The van der Waals surface area contributed by atoms with Crippen molar-refractivity contribution in [3.63, 3.8) is 0 Å². The van der Waals surface area contributed by atoms with Crippen molar-refractivity contribution in [2.45, 2.75) is 39.2 Å². The second-order valence-electron chi connectivity index (χ2n) is 5.87. The van der Waals surface area contributed by atoms with Gasteiger partial charge in [-0.1, -0.05) is 13.5 Å². The van der Waals surface area contributed by atoms with Gasteiger partial charge in [0.05, 0.1) is 18.4 Å². The topological polar surface area (TPSA) is 63.7 Å². The first-order valence-electron chi connectivity index (χ1n) is 7.12. The van der Waals surface area contributed by atoms with E-state index in [9.17, 15) is 14.4 Å². The summed E-state index contributed by atoms with van der Waals surface area (Å²) < 4.78 is 5.03. The molecule has 0 N–H and O–H groups in total. The Bertz CT molecular complexity index is 445. The number of nitrogens with zero attached hydrogens (tertiary/aromatic N) is 1. The quantitative estimate of drug-likeness (QED) is 0.445. The first kappa shape index (κ1) is 14.8. The Kier molecular flexibility index (Phi) is 4.26. The van der Waals surface area contributed by atoms with Crippen LogP contribution in [-0.4, -0.2) is 35.3 Å². The lowest BCUT2D eigenvalue weighted by Crippen LogP contribution is -2.38. The maximum atomic E-state index is 12.3. The predicted octanol–water partition coefficient (Wildman–Crippen LogP) is 1.53. The number of hydrogen-bond acceptors (Lipinski definition) is 4. The van der Waals surface area contributed by atoms with Gasteiger partial charge in [-0.25, -0.2) is 4.79 Å². The fraction of sp³-hybridized carbons (Fsp3) is 0.667. The molecule has 20 heavy (non-hydrogen) atoms. The molecular weight excluding hydrogens is 258 g/mol. The van der Waals surface area contributed by atoms with Gasteiger partial charge >= 0.3 is 5.97 Å². The van der Waals surface area contributed by atoms with Gasteiger partial charge in [0.25, 0.3) is 0 Å². The molecule has 5 heteroatoms. The van der Waals surface area contributed by atoms with Gasteiger partial charge in [0.15, 0.2) is 0 Å². The maximum absolute atomic E-state index is 12.3. The lowest BCUT2D eigenvalue weighted by atomic mass is 9.76. The summed E-state index contributed by atoms with van der Waals surface area (Å²) in [5, 5.41) is 0. The Hall–Kier alpha value is -1.65. The molecule has 2 fully saturated rings. The van der Waals surface area contributed by atoms with Gasteiger partial charge in [0, 0.05) is 6.08 Å². The Morgan fingerprint density at radius 3 is 2.70 bits per heavy atom. The fourth-order valence-corrected chi connectivity index (χ4v) is 3.18. The molecule has 4 atom stereocenters. The average molecular weight is 279 g/mol. The largest absolute Gasteiger partial charge is 0.458 e. The van der Waals surface area contributed by atoms with Crippen molar-refractivity contribution in [3.05, 3.63) is 12.7 Å². The van der Waals surface area contributed by atoms with E-state index in [0.717, 1.165) is 25.3 Å². The third-order valence-electron chi connectivity index (χ3n) is 4.20. The van der Waals surface area contributed by atoms with Crippen molar-refractivity contribution >= 4 is 17.8 Å². The number of rotatable bonds is 4. The summed E-state index contributed by atoms with van der Waals surface area (Å²) in [6.45, 7) is 7.25. The minimum atomic E-state index is -0.539. The Morgan fingerprint density at radius 2 is 2.05 bits per heavy atom. The van der Waals surface area contributed by atoms with E-state index in [0.29, 0.717) is 5.92 Å². The van der Waals surface area contributed by atoms with Crippen LogP contribution in [0.4, 0.5) is 0 Å². The number of hydrogen-bond donors (Lipinski definition) is 0. The molecule has 4 unspecified atom stereocenters. The number of carbonyl (C=O) groups is 3. The normalized spacial score (nSPS) is 30.9. The summed E-state index contributed by atoms with van der Waals surface area (Å²) in [6, 6.07) is 0. The van der Waals surface area contributed by atoms with E-state index in [4.69, 9.17) is 4.74 Å². The van der Waals surface area contributed by atoms with Crippen molar-refractivity contribution in [3.8, 4) is 0 Å². The van der Waals surface area contributed by atoms with Crippen LogP contribution >= 0.6 is 0 Å². The maximum Gasteiger partial charge on any atom is 0.330 e. The summed E-state index contributed by atoms with van der Waals surface area (Å²) in [5.41, 5.74) is 0. The minimum Gasteiger partial charge on any atom is -0.458 e. The Balaban J connectivity index is 2.02. The molecule has 0 bridgehead atoms. The third kappa shape index (κ3) is 2.76. The molecule has 0 spiro atoms. The third-order valence-corrected chi connectivity index (χ3v) is 4.20. The smallest absolute Gasteiger partial charge is 0.330 e. The van der Waals surface area contributed by atoms with Crippen molar-refractivity contribution in [1.29, 1.82) is 0 Å². The van der Waals surface area contributed by atoms with Crippen LogP contribution in [0.5, 0.6) is 0 Å². The van der Waals surface area contributed by atoms with Crippen LogP contribution in [0.25, 0.3) is 0 Å². The van der Waals surface area contributed by atoms with E-state index >= 15 is 0 Å². The highest BCUT2D eigenvalue weighted by Gasteiger charge is 2.49. The molecule has 0 aromatic heterocycles. The fourth-order valence-electron chi connectivity index (χ4n) is 3.18. The molecule has 1 saturated heterocycles. The second kappa shape index (κ2) is 5.77. The molecule has 0 aromatic rings. The number of fused-ring (bicyclic) bond motifs is 1. The van der Waals surface area contributed by atoms with Gasteiger partial charge < -0.3 is 4.74 Å². The number of imide groups is 1. The summed E-state index contributed by atoms with van der Waals surface area (Å²) in [5.74, 6) is -0.595. The molecule has 2 amide bonds. The van der Waals surface area contributed by atoms with Gasteiger partial charge in [0.2, 0.25) is 11.8 Å². The van der Waals surface area contributed by atoms with E-state index in [2.05, 4.69) is 13.5 Å². The molecule has 0 radical (unpaired) electrons. The zero-order valence-corrected chi connectivity index (χ0v) is 12.0. The highest BCUT2D eigenvalue weighted by Crippen LogP contribution is 2.40. The molecular formula is C15H21NO4. The van der Waals surface area contributed by atoms with Crippen LogP contribution in [-0.2, 0) is 19.1 Å². The van der Waals surface area contributed by atoms with E-state index in [-0.39, 0.29) is 30.2 Å². The number of amides is 2. The zero-order chi connectivity index (χ0) is 14.9. The number of carbonyl (C=O) groups excluding carboxylic acids is 3. The molecule has 1 aliphatic heterocycles. The highest BCUT2D eigenvalue weighted by atomic mass is 16.5. The van der Waals surface area contributed by atoms with E-state index in [1.807, 2.05) is 0 Å². The molecule has 5 nitrogen and oxygen atoms in total. The average Bonchev–Trinajstić information content (AvgIpc) is 2.63.